The topological polar surface area (TPSA) is 54.4 Å². The van der Waals surface area contributed by atoms with E-state index in [1.807, 2.05) is 13.0 Å². The third-order valence-electron chi connectivity index (χ3n) is 4.37. The number of pyridine rings is 1. The lowest BCUT2D eigenvalue weighted by molar-refractivity contribution is 0.0954. The van der Waals surface area contributed by atoms with Crippen LogP contribution >= 0.6 is 0 Å². The van der Waals surface area contributed by atoms with Crippen LogP contribution in [0.5, 0.6) is 0 Å². The van der Waals surface area contributed by atoms with Crippen LogP contribution in [0.2, 0.25) is 0 Å². The van der Waals surface area contributed by atoms with E-state index in [1.165, 1.54) is 18.2 Å². The smallest absolute Gasteiger partial charge is 0.267 e. The highest BCUT2D eigenvalue weighted by Gasteiger charge is 2.30. The lowest BCUT2D eigenvalue weighted by Crippen LogP contribution is -2.26. The second-order valence-corrected chi connectivity index (χ2v) is 6.75. The van der Waals surface area contributed by atoms with Gasteiger partial charge in [0.2, 0.25) is 0 Å². The summed E-state index contributed by atoms with van der Waals surface area (Å²) in [5, 5.41) is 4.14. The first kappa shape index (κ1) is 17.1. The van der Waals surface area contributed by atoms with Crippen LogP contribution in [0.4, 0.5) is 0 Å². The summed E-state index contributed by atoms with van der Waals surface area (Å²) in [6.07, 6.45) is 12.0. The highest BCUT2D eigenvalue weighted by atomic mass is 16.2. The monoisotopic (exact) mass is 311 g/mol. The zero-order chi connectivity index (χ0) is 16.9. The van der Waals surface area contributed by atoms with E-state index in [2.05, 4.69) is 48.4 Å². The fourth-order valence-corrected chi connectivity index (χ4v) is 2.96. The van der Waals surface area contributed by atoms with Crippen molar-refractivity contribution in [1.82, 2.24) is 10.4 Å². The summed E-state index contributed by atoms with van der Waals surface area (Å²) in [5.41, 5.74) is 5.50. The molecule has 4 nitrogen and oxygen atoms in total. The van der Waals surface area contributed by atoms with Crippen LogP contribution < -0.4 is 5.43 Å². The van der Waals surface area contributed by atoms with Crippen molar-refractivity contribution in [3.63, 3.8) is 0 Å². The Morgan fingerprint density at radius 1 is 1.48 bits per heavy atom. The lowest BCUT2D eigenvalue weighted by atomic mass is 9.68. The normalized spacial score (nSPS) is 21.1. The average molecular weight is 311 g/mol. The molecule has 1 N–H and O–H groups in total. The molecule has 0 bridgehead atoms. The largest absolute Gasteiger partial charge is 0.272 e. The average Bonchev–Trinajstić information content (AvgIpc) is 2.52. The molecule has 1 atom stereocenters. The quantitative estimate of drug-likeness (QED) is 0.516. The van der Waals surface area contributed by atoms with Crippen molar-refractivity contribution in [2.45, 2.75) is 40.5 Å². The summed E-state index contributed by atoms with van der Waals surface area (Å²) in [7, 11) is 0. The van der Waals surface area contributed by atoms with Gasteiger partial charge in [-0.05, 0) is 50.3 Å². The lowest BCUT2D eigenvalue weighted by Gasteiger charge is -2.36. The molecule has 0 aliphatic heterocycles. The molecule has 122 valence electrons. The van der Waals surface area contributed by atoms with Gasteiger partial charge in [0.25, 0.3) is 5.91 Å². The van der Waals surface area contributed by atoms with Gasteiger partial charge in [0.1, 0.15) is 0 Å². The molecule has 0 saturated heterocycles. The van der Waals surface area contributed by atoms with Crippen LogP contribution in [-0.4, -0.2) is 16.6 Å². The van der Waals surface area contributed by atoms with E-state index >= 15 is 0 Å². The Bertz CT molecular complexity index is 642. The fraction of sp³-hybridized carbons (Fsp3) is 0.421. The highest BCUT2D eigenvalue weighted by molar-refractivity contribution is 5.97. The number of carbonyl (C=O) groups is 1. The molecular weight excluding hydrogens is 286 g/mol. The second kappa shape index (κ2) is 7.36. The first-order chi connectivity index (χ1) is 10.9. The number of nitrogens with zero attached hydrogens (tertiary/aromatic N) is 2. The van der Waals surface area contributed by atoms with Gasteiger partial charge in [-0.2, -0.15) is 5.10 Å². The highest BCUT2D eigenvalue weighted by Crippen LogP contribution is 2.41. The zero-order valence-corrected chi connectivity index (χ0v) is 14.3. The van der Waals surface area contributed by atoms with Gasteiger partial charge < -0.3 is 0 Å². The molecule has 1 unspecified atom stereocenters. The third kappa shape index (κ3) is 4.62. The molecule has 1 aromatic rings. The molecule has 0 spiro atoms. The van der Waals surface area contributed by atoms with E-state index in [0.29, 0.717) is 11.5 Å². The fourth-order valence-electron chi connectivity index (χ4n) is 2.96. The van der Waals surface area contributed by atoms with Gasteiger partial charge >= 0.3 is 0 Å². The van der Waals surface area contributed by atoms with Gasteiger partial charge in [0.15, 0.2) is 0 Å². The summed E-state index contributed by atoms with van der Waals surface area (Å²) < 4.78 is 0. The van der Waals surface area contributed by atoms with E-state index in [0.717, 1.165) is 12.1 Å². The summed E-state index contributed by atoms with van der Waals surface area (Å²) in [6, 6.07) is 3.44. The molecule has 23 heavy (non-hydrogen) atoms. The predicted octanol–water partition coefficient (Wildman–Crippen LogP) is 4.13. The van der Waals surface area contributed by atoms with Gasteiger partial charge in [-0.15, -0.1) is 0 Å². The van der Waals surface area contributed by atoms with Crippen LogP contribution in [-0.2, 0) is 0 Å². The van der Waals surface area contributed by atoms with Crippen LogP contribution in [0.15, 0.2) is 53.4 Å². The molecule has 4 heteroatoms. The number of amides is 1. The van der Waals surface area contributed by atoms with Crippen molar-refractivity contribution in [3.8, 4) is 0 Å². The number of carbonyl (C=O) groups excluding carboxylic acids is 1. The van der Waals surface area contributed by atoms with Gasteiger partial charge in [0, 0.05) is 18.3 Å². The second-order valence-electron chi connectivity index (χ2n) is 6.75. The van der Waals surface area contributed by atoms with Crippen LogP contribution in [0.25, 0.3) is 0 Å². The number of hydrogen-bond acceptors (Lipinski definition) is 3. The molecule has 1 aromatic heterocycles. The Labute approximate surface area is 138 Å². The minimum Gasteiger partial charge on any atom is -0.267 e. The van der Waals surface area contributed by atoms with Crippen molar-refractivity contribution < 1.29 is 4.79 Å². The molecule has 2 rings (SSSR count). The Hall–Kier alpha value is -2.23. The van der Waals surface area contributed by atoms with E-state index < -0.39 is 0 Å². The van der Waals surface area contributed by atoms with Gasteiger partial charge in [-0.3, -0.25) is 9.78 Å². The minimum atomic E-state index is -0.250. The summed E-state index contributed by atoms with van der Waals surface area (Å²) >= 11 is 0. The van der Waals surface area contributed by atoms with E-state index in [9.17, 15) is 4.79 Å². The maximum atomic E-state index is 11.9. The van der Waals surface area contributed by atoms with Crippen molar-refractivity contribution in [1.29, 1.82) is 0 Å². The van der Waals surface area contributed by atoms with Crippen LogP contribution in [0.1, 0.15) is 50.9 Å². The predicted molar refractivity (Wildman–Crippen MR) is 94.2 cm³/mol. The maximum absolute atomic E-state index is 11.9. The zero-order valence-electron chi connectivity index (χ0n) is 14.3. The molecule has 0 radical (unpaired) electrons. The van der Waals surface area contributed by atoms with Gasteiger partial charge in [0.05, 0.1) is 11.3 Å². The summed E-state index contributed by atoms with van der Waals surface area (Å²) in [5.74, 6) is 0.162. The Kier molecular flexibility index (Phi) is 5.48. The molecule has 0 fully saturated rings. The molecular formula is C19H25N3O. The SMILES string of the molecule is CC1=CCCC(C)(C)C1/C=C/C(C)=N/NC(=O)c1cccnc1. The van der Waals surface area contributed by atoms with E-state index in [-0.39, 0.29) is 11.3 Å². The van der Waals surface area contributed by atoms with Crippen LogP contribution in [0, 0.1) is 11.3 Å². The first-order valence-electron chi connectivity index (χ1n) is 7.99. The van der Waals surface area contributed by atoms with Crippen molar-refractivity contribution in [2.75, 3.05) is 0 Å². The van der Waals surface area contributed by atoms with Crippen molar-refractivity contribution in [3.05, 3.63) is 53.9 Å². The molecule has 1 heterocycles. The number of allylic oxidation sites excluding steroid dienone is 4. The Morgan fingerprint density at radius 3 is 2.91 bits per heavy atom. The first-order valence-corrected chi connectivity index (χ1v) is 7.99. The molecule has 1 aliphatic carbocycles. The standard InChI is InChI=1S/C19H25N3O/c1-14-7-5-11-19(3,4)17(14)10-9-15(2)21-22-18(23)16-8-6-12-20-13-16/h6-10,12-13,17H,5,11H2,1-4H3,(H,22,23)/b10-9+,21-15+. The molecule has 1 amide bonds. The number of nitrogens with one attached hydrogen (secondary N) is 1. The van der Waals surface area contributed by atoms with Crippen LogP contribution in [0.3, 0.4) is 0 Å². The summed E-state index contributed by atoms with van der Waals surface area (Å²) in [4.78, 5) is 15.8. The van der Waals surface area contributed by atoms with Gasteiger partial charge in [-0.25, -0.2) is 5.43 Å². The van der Waals surface area contributed by atoms with Crippen molar-refractivity contribution in [2.24, 2.45) is 16.4 Å². The van der Waals surface area contributed by atoms with Crippen molar-refractivity contribution >= 4 is 11.6 Å². The molecule has 0 aromatic carbocycles. The third-order valence-corrected chi connectivity index (χ3v) is 4.37. The Balaban J connectivity index is 2.00. The molecule has 0 saturated carbocycles. The minimum absolute atomic E-state index is 0.250. The number of hydrogen-bond donors (Lipinski definition) is 1. The van der Waals surface area contributed by atoms with E-state index in [1.54, 1.807) is 18.3 Å². The molecule has 1 aliphatic rings. The Morgan fingerprint density at radius 2 is 2.26 bits per heavy atom. The maximum Gasteiger partial charge on any atom is 0.272 e. The van der Waals surface area contributed by atoms with E-state index in [4.69, 9.17) is 0 Å². The summed E-state index contributed by atoms with van der Waals surface area (Å²) in [6.45, 7) is 8.67. The number of aromatic nitrogens is 1. The number of rotatable bonds is 4. The number of hydrazone groups is 1. The van der Waals surface area contributed by atoms with Gasteiger partial charge in [-0.1, -0.05) is 31.6 Å².